The number of amides is 1. The molecular formula is C18H21NO2. The normalized spacial score (nSPS) is 11.8. The Hall–Kier alpha value is -2.29. The van der Waals surface area contributed by atoms with Crippen LogP contribution in [0.2, 0.25) is 0 Å². The van der Waals surface area contributed by atoms with Crippen LogP contribution in [0.5, 0.6) is 5.75 Å². The van der Waals surface area contributed by atoms with Gasteiger partial charge in [-0.25, -0.2) is 0 Å². The third kappa shape index (κ3) is 4.35. The van der Waals surface area contributed by atoms with E-state index in [1.165, 1.54) is 5.56 Å². The lowest BCUT2D eigenvalue weighted by Gasteiger charge is -2.15. The molecule has 0 saturated heterocycles. The topological polar surface area (TPSA) is 38.3 Å². The summed E-state index contributed by atoms with van der Waals surface area (Å²) in [7, 11) is 1.64. The highest BCUT2D eigenvalue weighted by Crippen LogP contribution is 2.17. The van der Waals surface area contributed by atoms with Crippen molar-refractivity contribution in [3.63, 3.8) is 0 Å². The van der Waals surface area contributed by atoms with Gasteiger partial charge in [0.05, 0.1) is 19.6 Å². The predicted octanol–water partition coefficient (Wildman–Crippen LogP) is 3.42. The molecule has 0 spiro atoms. The molecule has 0 saturated carbocycles. The molecule has 0 heterocycles. The first-order chi connectivity index (χ1) is 10.1. The first kappa shape index (κ1) is 15.1. The minimum absolute atomic E-state index is 0.0202. The molecule has 1 unspecified atom stereocenters. The SMILES string of the molecule is COc1ccc(C(C)NC(=O)Cc2cccc(C)c2)cc1. The molecule has 1 N–H and O–H groups in total. The molecule has 110 valence electrons. The number of hydrogen-bond donors (Lipinski definition) is 1. The van der Waals surface area contributed by atoms with E-state index in [-0.39, 0.29) is 11.9 Å². The van der Waals surface area contributed by atoms with Crippen molar-refractivity contribution in [1.29, 1.82) is 0 Å². The Labute approximate surface area is 126 Å². The zero-order chi connectivity index (χ0) is 15.2. The molecule has 2 aromatic rings. The van der Waals surface area contributed by atoms with Crippen molar-refractivity contribution in [3.05, 3.63) is 65.2 Å². The van der Waals surface area contributed by atoms with E-state index in [9.17, 15) is 4.79 Å². The van der Waals surface area contributed by atoms with Gasteiger partial charge in [0, 0.05) is 0 Å². The molecule has 3 heteroatoms. The average Bonchev–Trinajstić information content (AvgIpc) is 2.47. The van der Waals surface area contributed by atoms with E-state index < -0.39 is 0 Å². The van der Waals surface area contributed by atoms with Gasteiger partial charge < -0.3 is 10.1 Å². The third-order valence-electron chi connectivity index (χ3n) is 3.44. The van der Waals surface area contributed by atoms with E-state index >= 15 is 0 Å². The second-order valence-corrected chi connectivity index (χ2v) is 5.23. The number of carbonyl (C=O) groups excluding carboxylic acids is 1. The summed E-state index contributed by atoms with van der Waals surface area (Å²) in [6.45, 7) is 4.01. The maximum atomic E-state index is 12.1. The smallest absolute Gasteiger partial charge is 0.224 e. The van der Waals surface area contributed by atoms with Gasteiger partial charge in [0.25, 0.3) is 0 Å². The molecule has 0 bridgehead atoms. The Bertz CT molecular complexity index is 605. The summed E-state index contributed by atoms with van der Waals surface area (Å²) < 4.78 is 5.13. The van der Waals surface area contributed by atoms with Gasteiger partial charge in [-0.3, -0.25) is 4.79 Å². The quantitative estimate of drug-likeness (QED) is 0.913. The fourth-order valence-electron chi connectivity index (χ4n) is 2.28. The maximum Gasteiger partial charge on any atom is 0.224 e. The summed E-state index contributed by atoms with van der Waals surface area (Å²) in [6, 6.07) is 15.7. The summed E-state index contributed by atoms with van der Waals surface area (Å²) in [5.74, 6) is 0.848. The van der Waals surface area contributed by atoms with Crippen molar-refractivity contribution in [2.24, 2.45) is 0 Å². The van der Waals surface area contributed by atoms with Crippen LogP contribution in [0.15, 0.2) is 48.5 Å². The van der Waals surface area contributed by atoms with Crippen molar-refractivity contribution in [3.8, 4) is 5.75 Å². The van der Waals surface area contributed by atoms with Crippen molar-refractivity contribution >= 4 is 5.91 Å². The fraction of sp³-hybridized carbons (Fsp3) is 0.278. The number of nitrogens with one attached hydrogen (secondary N) is 1. The standard InChI is InChI=1S/C18H21NO2/c1-13-5-4-6-15(11-13)12-18(20)19-14(2)16-7-9-17(21-3)10-8-16/h4-11,14H,12H2,1-3H3,(H,19,20). The highest BCUT2D eigenvalue weighted by molar-refractivity contribution is 5.79. The van der Waals surface area contributed by atoms with Crippen LogP contribution in [0.4, 0.5) is 0 Å². The van der Waals surface area contributed by atoms with Crippen LogP contribution < -0.4 is 10.1 Å². The van der Waals surface area contributed by atoms with E-state index in [4.69, 9.17) is 4.74 Å². The molecular weight excluding hydrogens is 262 g/mol. The molecule has 0 radical (unpaired) electrons. The van der Waals surface area contributed by atoms with Gasteiger partial charge in [-0.1, -0.05) is 42.0 Å². The van der Waals surface area contributed by atoms with Crippen LogP contribution in [-0.2, 0) is 11.2 Å². The molecule has 0 aliphatic heterocycles. The van der Waals surface area contributed by atoms with E-state index in [0.29, 0.717) is 6.42 Å². The Kier molecular flexibility index (Phi) is 4.99. The van der Waals surface area contributed by atoms with Crippen LogP contribution in [0, 0.1) is 6.92 Å². The van der Waals surface area contributed by atoms with Crippen molar-refractivity contribution in [1.82, 2.24) is 5.32 Å². The summed E-state index contributed by atoms with van der Waals surface area (Å²) in [5, 5.41) is 3.02. The van der Waals surface area contributed by atoms with E-state index in [0.717, 1.165) is 16.9 Å². The maximum absolute atomic E-state index is 12.1. The molecule has 2 aromatic carbocycles. The molecule has 1 atom stereocenters. The number of carbonyl (C=O) groups is 1. The largest absolute Gasteiger partial charge is 0.497 e. The Morgan fingerprint density at radius 3 is 2.52 bits per heavy atom. The van der Waals surface area contributed by atoms with Crippen LogP contribution >= 0.6 is 0 Å². The molecule has 2 rings (SSSR count). The first-order valence-electron chi connectivity index (χ1n) is 7.07. The number of aryl methyl sites for hydroxylation is 1. The van der Waals surface area contributed by atoms with E-state index in [2.05, 4.69) is 5.32 Å². The summed E-state index contributed by atoms with van der Waals surface area (Å²) in [4.78, 5) is 12.1. The molecule has 3 nitrogen and oxygen atoms in total. The molecule has 0 aromatic heterocycles. The highest BCUT2D eigenvalue weighted by atomic mass is 16.5. The summed E-state index contributed by atoms with van der Waals surface area (Å²) in [5.41, 5.74) is 3.27. The summed E-state index contributed by atoms with van der Waals surface area (Å²) >= 11 is 0. The lowest BCUT2D eigenvalue weighted by Crippen LogP contribution is -2.28. The van der Waals surface area contributed by atoms with Gasteiger partial charge in [0.2, 0.25) is 5.91 Å². The highest BCUT2D eigenvalue weighted by Gasteiger charge is 2.10. The van der Waals surface area contributed by atoms with Crippen LogP contribution in [-0.4, -0.2) is 13.0 Å². The van der Waals surface area contributed by atoms with Crippen LogP contribution in [0.25, 0.3) is 0 Å². The molecule has 0 fully saturated rings. The number of rotatable bonds is 5. The molecule has 1 amide bonds. The van der Waals surface area contributed by atoms with Gasteiger partial charge in [-0.05, 0) is 37.1 Å². The number of benzene rings is 2. The Morgan fingerprint density at radius 2 is 1.90 bits per heavy atom. The first-order valence-corrected chi connectivity index (χ1v) is 7.07. The van der Waals surface area contributed by atoms with Gasteiger partial charge in [-0.2, -0.15) is 0 Å². The minimum Gasteiger partial charge on any atom is -0.497 e. The fourth-order valence-corrected chi connectivity index (χ4v) is 2.28. The zero-order valence-electron chi connectivity index (χ0n) is 12.7. The summed E-state index contributed by atoms with van der Waals surface area (Å²) in [6.07, 6.45) is 0.405. The van der Waals surface area contributed by atoms with Gasteiger partial charge in [0.15, 0.2) is 0 Å². The van der Waals surface area contributed by atoms with Gasteiger partial charge >= 0.3 is 0 Å². The second-order valence-electron chi connectivity index (χ2n) is 5.23. The molecule has 21 heavy (non-hydrogen) atoms. The second kappa shape index (κ2) is 6.93. The minimum atomic E-state index is -0.0202. The Morgan fingerprint density at radius 1 is 1.19 bits per heavy atom. The lowest BCUT2D eigenvalue weighted by molar-refractivity contribution is -0.121. The van der Waals surface area contributed by atoms with Crippen LogP contribution in [0.1, 0.15) is 29.7 Å². The monoisotopic (exact) mass is 283 g/mol. The van der Waals surface area contributed by atoms with Crippen molar-refractivity contribution in [2.75, 3.05) is 7.11 Å². The van der Waals surface area contributed by atoms with Crippen molar-refractivity contribution < 1.29 is 9.53 Å². The number of hydrogen-bond acceptors (Lipinski definition) is 2. The van der Waals surface area contributed by atoms with Gasteiger partial charge in [0.1, 0.15) is 5.75 Å². The van der Waals surface area contributed by atoms with E-state index in [1.54, 1.807) is 7.11 Å². The zero-order valence-corrected chi connectivity index (χ0v) is 12.7. The number of ether oxygens (including phenoxy) is 1. The number of methoxy groups -OCH3 is 1. The van der Waals surface area contributed by atoms with Crippen molar-refractivity contribution in [2.45, 2.75) is 26.3 Å². The lowest BCUT2D eigenvalue weighted by atomic mass is 10.1. The predicted molar refractivity (Wildman–Crippen MR) is 84.4 cm³/mol. The van der Waals surface area contributed by atoms with Gasteiger partial charge in [-0.15, -0.1) is 0 Å². The van der Waals surface area contributed by atoms with Crippen LogP contribution in [0.3, 0.4) is 0 Å². The average molecular weight is 283 g/mol. The molecule has 0 aliphatic carbocycles. The third-order valence-corrected chi connectivity index (χ3v) is 3.44. The molecule has 0 aliphatic rings. The van der Waals surface area contributed by atoms with E-state index in [1.807, 2.05) is 62.4 Å². The Balaban J connectivity index is 1.95.